The topological polar surface area (TPSA) is 183 Å². The number of nitrogens with two attached hydrogens (primary N) is 3. The fourth-order valence-corrected chi connectivity index (χ4v) is 5.32. The number of aliphatic imine (C=N–C) groups is 1. The molecule has 1 heterocycles. The lowest BCUT2D eigenvalue weighted by atomic mass is 9.90. The number of allylic oxidation sites excluding steroid dienone is 1. The molecule has 0 radical (unpaired) electrons. The van der Waals surface area contributed by atoms with Gasteiger partial charge in [-0.15, -0.1) is 17.0 Å². The van der Waals surface area contributed by atoms with Crippen molar-refractivity contribution in [3.63, 3.8) is 0 Å². The molecule has 2 atom stereocenters. The molecule has 2 amide bonds. The number of Topliss-reactive ketones (excluding diaryl/α,β-unsaturated/α-hetero) is 1. The van der Waals surface area contributed by atoms with Crippen LogP contribution in [0.1, 0.15) is 18.4 Å². The van der Waals surface area contributed by atoms with Crippen molar-refractivity contribution in [3.8, 4) is 0 Å². The van der Waals surface area contributed by atoms with Crippen LogP contribution in [0.2, 0.25) is 0 Å². The number of benzene rings is 2. The molecule has 2 aromatic carbocycles. The number of amides is 2. The van der Waals surface area contributed by atoms with E-state index in [1.54, 1.807) is 23.1 Å². The number of carbonyl (C=O) groups excluding carboxylic acids is 2. The quantitative estimate of drug-likeness (QED) is 0.154. The fraction of sp³-hybridized carbons (Fsp3) is 0.370. The standard InChI is InChI=1S/C27H36N6O5S.BrH/c28-24(39(36,37)22-11-5-2-6-12-22)19-21(10-7-13-31-26(29)30)25(34)23(18-20-8-3-1-4-9-20)32-27(35)33-14-16-38-17-15-33;/h1-6,8-9,11-12,19,21,23H,7,10,13-18,28H2,(H,32,35)(H4,29,30,31);1H/b24-19+;/t21-,23-;/m0./s1. The van der Waals surface area contributed by atoms with E-state index in [0.29, 0.717) is 32.7 Å². The lowest BCUT2D eigenvalue weighted by molar-refractivity contribution is -0.123. The van der Waals surface area contributed by atoms with Gasteiger partial charge in [-0.25, -0.2) is 13.2 Å². The maximum absolute atomic E-state index is 14.0. The maximum atomic E-state index is 14.0. The molecule has 3 rings (SSSR count). The monoisotopic (exact) mass is 636 g/mol. The number of carbonyl (C=O) groups is 2. The number of nitrogens with zero attached hydrogens (tertiary/aromatic N) is 2. The van der Waals surface area contributed by atoms with E-state index in [1.165, 1.54) is 18.2 Å². The Morgan fingerprint density at radius 1 is 1.00 bits per heavy atom. The molecule has 0 unspecified atom stereocenters. The van der Waals surface area contributed by atoms with E-state index in [-0.39, 0.29) is 59.0 Å². The third kappa shape index (κ3) is 9.65. The molecular formula is C27H37BrN6O5S. The van der Waals surface area contributed by atoms with E-state index in [1.807, 2.05) is 30.3 Å². The second-order valence-electron chi connectivity index (χ2n) is 9.13. The third-order valence-electron chi connectivity index (χ3n) is 6.28. The summed E-state index contributed by atoms with van der Waals surface area (Å²) in [4.78, 5) is 32.6. The van der Waals surface area contributed by atoms with Crippen molar-refractivity contribution in [2.24, 2.45) is 28.1 Å². The summed E-state index contributed by atoms with van der Waals surface area (Å²) in [6.45, 7) is 1.88. The number of ether oxygens (including phenoxy) is 1. The van der Waals surface area contributed by atoms with Crippen molar-refractivity contribution in [1.29, 1.82) is 0 Å². The molecule has 1 aliphatic heterocycles. The van der Waals surface area contributed by atoms with Crippen LogP contribution in [0.5, 0.6) is 0 Å². The first-order valence-electron chi connectivity index (χ1n) is 12.7. The van der Waals surface area contributed by atoms with Gasteiger partial charge in [-0.3, -0.25) is 9.79 Å². The SMILES string of the molecule is Br.NC(N)=NCCC[C@@H](/C=C(\N)S(=O)(=O)c1ccccc1)C(=O)[C@H](Cc1ccccc1)NC(=O)N1CCOCC1. The lowest BCUT2D eigenvalue weighted by Gasteiger charge is -2.30. The largest absolute Gasteiger partial charge is 0.389 e. The highest BCUT2D eigenvalue weighted by Crippen LogP contribution is 2.21. The summed E-state index contributed by atoms with van der Waals surface area (Å²) in [7, 11) is -4.03. The van der Waals surface area contributed by atoms with E-state index in [2.05, 4.69) is 10.3 Å². The first kappa shape index (κ1) is 32.8. The minimum atomic E-state index is -4.03. The fourth-order valence-electron chi connectivity index (χ4n) is 4.19. The summed E-state index contributed by atoms with van der Waals surface area (Å²) in [6.07, 6.45) is 2.09. The second kappa shape index (κ2) is 16.0. The first-order chi connectivity index (χ1) is 18.7. The molecule has 13 heteroatoms. The molecule has 1 aliphatic rings. The molecule has 40 heavy (non-hydrogen) atoms. The van der Waals surface area contributed by atoms with E-state index >= 15 is 0 Å². The Labute approximate surface area is 245 Å². The van der Waals surface area contributed by atoms with Crippen LogP contribution in [-0.2, 0) is 25.8 Å². The zero-order valence-corrected chi connectivity index (χ0v) is 24.7. The summed E-state index contributed by atoms with van der Waals surface area (Å²) in [5.74, 6) is -1.37. The van der Waals surface area contributed by atoms with Gasteiger partial charge < -0.3 is 32.2 Å². The van der Waals surface area contributed by atoms with Gasteiger partial charge in [-0.1, -0.05) is 48.5 Å². The van der Waals surface area contributed by atoms with E-state index in [9.17, 15) is 18.0 Å². The van der Waals surface area contributed by atoms with Crippen LogP contribution >= 0.6 is 17.0 Å². The molecule has 0 bridgehead atoms. The highest BCUT2D eigenvalue weighted by atomic mass is 79.9. The highest BCUT2D eigenvalue weighted by Gasteiger charge is 2.31. The molecule has 1 saturated heterocycles. The molecule has 7 N–H and O–H groups in total. The van der Waals surface area contributed by atoms with Crippen LogP contribution in [0.4, 0.5) is 4.79 Å². The van der Waals surface area contributed by atoms with Gasteiger partial charge in [-0.05, 0) is 43.0 Å². The molecule has 2 aromatic rings. The smallest absolute Gasteiger partial charge is 0.318 e. The Balaban J connectivity index is 0.00000560. The number of morpholine rings is 1. The van der Waals surface area contributed by atoms with Crippen molar-refractivity contribution in [3.05, 3.63) is 77.3 Å². The van der Waals surface area contributed by atoms with Gasteiger partial charge in [0, 0.05) is 25.6 Å². The van der Waals surface area contributed by atoms with Crippen LogP contribution in [0.15, 0.2) is 81.7 Å². The average molecular weight is 638 g/mol. The Kier molecular flexibility index (Phi) is 13.1. The Morgan fingerprint density at radius 2 is 1.60 bits per heavy atom. The summed E-state index contributed by atoms with van der Waals surface area (Å²) in [5, 5.41) is 2.42. The number of rotatable bonds is 12. The predicted octanol–water partition coefficient (Wildman–Crippen LogP) is 1.73. The molecule has 1 fully saturated rings. The van der Waals surface area contributed by atoms with Crippen LogP contribution in [0.25, 0.3) is 0 Å². The number of halogens is 1. The summed E-state index contributed by atoms with van der Waals surface area (Å²) in [5.41, 5.74) is 17.8. The molecule has 11 nitrogen and oxygen atoms in total. The average Bonchev–Trinajstić information content (AvgIpc) is 2.95. The zero-order valence-electron chi connectivity index (χ0n) is 22.1. The summed E-state index contributed by atoms with van der Waals surface area (Å²) < 4.78 is 31.5. The number of nitrogens with one attached hydrogen (secondary N) is 1. The number of hydrogen-bond acceptors (Lipinski definition) is 7. The van der Waals surface area contributed by atoms with Gasteiger partial charge in [-0.2, -0.15) is 0 Å². The van der Waals surface area contributed by atoms with E-state index in [0.717, 1.165) is 5.56 Å². The minimum absolute atomic E-state index is 0. The van der Waals surface area contributed by atoms with Crippen LogP contribution in [-0.4, -0.2) is 70.0 Å². The van der Waals surface area contributed by atoms with Crippen LogP contribution < -0.4 is 22.5 Å². The maximum Gasteiger partial charge on any atom is 0.318 e. The van der Waals surface area contributed by atoms with Crippen LogP contribution in [0.3, 0.4) is 0 Å². The number of hydrogen-bond donors (Lipinski definition) is 4. The second-order valence-corrected chi connectivity index (χ2v) is 11.1. The van der Waals surface area contributed by atoms with Crippen LogP contribution in [0, 0.1) is 5.92 Å². The van der Waals surface area contributed by atoms with Crippen molar-refractivity contribution in [2.75, 3.05) is 32.8 Å². The normalized spacial score (nSPS) is 15.3. The molecule has 0 spiro atoms. The molecule has 0 aromatic heterocycles. The Bertz CT molecular complexity index is 1260. The van der Waals surface area contributed by atoms with Gasteiger partial charge in [0.15, 0.2) is 11.7 Å². The number of guanidine groups is 1. The van der Waals surface area contributed by atoms with Crippen molar-refractivity contribution < 1.29 is 22.7 Å². The first-order valence-corrected chi connectivity index (χ1v) is 14.2. The summed E-state index contributed by atoms with van der Waals surface area (Å²) in [6, 6.07) is 15.7. The zero-order chi connectivity index (χ0) is 28.3. The number of sulfone groups is 1. The molecule has 218 valence electrons. The van der Waals surface area contributed by atoms with Gasteiger partial charge >= 0.3 is 6.03 Å². The highest BCUT2D eigenvalue weighted by molar-refractivity contribution is 8.93. The van der Waals surface area contributed by atoms with Gasteiger partial charge in [0.05, 0.1) is 24.2 Å². The predicted molar refractivity (Wildman–Crippen MR) is 159 cm³/mol. The van der Waals surface area contributed by atoms with Crippen molar-refractivity contribution >= 4 is 44.6 Å². The Morgan fingerprint density at radius 3 is 2.20 bits per heavy atom. The van der Waals surface area contributed by atoms with E-state index < -0.39 is 26.8 Å². The number of ketones is 1. The minimum Gasteiger partial charge on any atom is -0.389 e. The van der Waals surface area contributed by atoms with Gasteiger partial charge in [0.1, 0.15) is 5.03 Å². The third-order valence-corrected chi connectivity index (χ3v) is 7.93. The van der Waals surface area contributed by atoms with E-state index in [4.69, 9.17) is 21.9 Å². The molecule has 0 saturated carbocycles. The summed E-state index contributed by atoms with van der Waals surface area (Å²) >= 11 is 0. The van der Waals surface area contributed by atoms with Crippen molar-refractivity contribution in [1.82, 2.24) is 10.2 Å². The molecular weight excluding hydrogens is 600 g/mol. The number of urea groups is 1. The van der Waals surface area contributed by atoms with Gasteiger partial charge in [0.2, 0.25) is 9.84 Å². The Hall–Kier alpha value is -3.42. The lowest BCUT2D eigenvalue weighted by Crippen LogP contribution is -2.52. The van der Waals surface area contributed by atoms with Crippen molar-refractivity contribution in [2.45, 2.75) is 30.2 Å². The molecule has 0 aliphatic carbocycles. The van der Waals surface area contributed by atoms with Gasteiger partial charge in [0.25, 0.3) is 0 Å².